The van der Waals surface area contributed by atoms with Crippen molar-refractivity contribution in [3.63, 3.8) is 0 Å². The van der Waals surface area contributed by atoms with Crippen LogP contribution in [0.15, 0.2) is 24.3 Å². The van der Waals surface area contributed by atoms with Gasteiger partial charge in [0.05, 0.1) is 17.5 Å². The first-order valence-corrected chi connectivity index (χ1v) is 8.58. The zero-order chi connectivity index (χ0) is 14.2. The Morgan fingerprint density at radius 1 is 1.00 bits per heavy atom. The first kappa shape index (κ1) is 13.4. The number of hydrogen-bond donors (Lipinski definition) is 2. The van der Waals surface area contributed by atoms with Crippen LogP contribution in [0.5, 0.6) is 0 Å². The molecule has 1 saturated heterocycles. The van der Waals surface area contributed by atoms with E-state index < -0.39 is 0 Å². The smallest absolute Gasteiger partial charge is 0.0602 e. The van der Waals surface area contributed by atoms with Gasteiger partial charge in [-0.2, -0.15) is 0 Å². The molecular weight excluding hydrogens is 260 g/mol. The van der Waals surface area contributed by atoms with E-state index in [1.54, 1.807) is 0 Å². The first-order valence-electron chi connectivity index (χ1n) is 8.58. The van der Waals surface area contributed by atoms with Crippen LogP contribution >= 0.6 is 0 Å². The van der Waals surface area contributed by atoms with Crippen LogP contribution in [0.4, 0.5) is 11.4 Å². The Balaban J connectivity index is 1.50. The fraction of sp³-hybridized carbons (Fsp3) is 0.667. The monoisotopic (exact) mass is 286 g/mol. The molecule has 2 bridgehead atoms. The Morgan fingerprint density at radius 2 is 1.81 bits per heavy atom. The lowest BCUT2D eigenvalue weighted by atomic mass is 9.95. The number of anilines is 2. The SMILES string of the molecule is OC1CCN(c2ccccc2NC2CC3CCC2C3)CC1. The standard InChI is InChI=1S/C18H26N2O/c21-15-7-9-20(10-8-15)18-4-2-1-3-16(18)19-17-12-13-5-6-14(17)11-13/h1-4,13-15,17,19,21H,5-12H2. The molecule has 4 rings (SSSR count). The van der Waals surface area contributed by atoms with Gasteiger partial charge in [-0.15, -0.1) is 0 Å². The van der Waals surface area contributed by atoms with E-state index in [0.29, 0.717) is 6.04 Å². The highest BCUT2D eigenvalue weighted by Gasteiger charge is 2.39. The Hall–Kier alpha value is -1.22. The van der Waals surface area contributed by atoms with E-state index >= 15 is 0 Å². The fourth-order valence-corrected chi connectivity index (χ4v) is 4.60. The van der Waals surface area contributed by atoms with Crippen molar-refractivity contribution in [1.29, 1.82) is 0 Å². The summed E-state index contributed by atoms with van der Waals surface area (Å²) in [6.07, 6.45) is 7.35. The molecule has 1 heterocycles. The third-order valence-electron chi connectivity index (χ3n) is 5.79. The first-order chi connectivity index (χ1) is 10.3. The number of aliphatic hydroxyl groups is 1. The van der Waals surface area contributed by atoms with Gasteiger partial charge in [0, 0.05) is 19.1 Å². The molecule has 3 unspecified atom stereocenters. The number of nitrogens with zero attached hydrogens (tertiary/aromatic N) is 1. The molecule has 0 aromatic heterocycles. The third kappa shape index (κ3) is 2.64. The van der Waals surface area contributed by atoms with Gasteiger partial charge in [-0.3, -0.25) is 0 Å². The van der Waals surface area contributed by atoms with Crippen molar-refractivity contribution in [1.82, 2.24) is 0 Å². The van der Waals surface area contributed by atoms with Crippen LogP contribution in [0.25, 0.3) is 0 Å². The largest absolute Gasteiger partial charge is 0.393 e. The van der Waals surface area contributed by atoms with Crippen LogP contribution < -0.4 is 10.2 Å². The minimum atomic E-state index is -0.105. The van der Waals surface area contributed by atoms with E-state index in [4.69, 9.17) is 0 Å². The molecule has 21 heavy (non-hydrogen) atoms. The van der Waals surface area contributed by atoms with Crippen molar-refractivity contribution in [2.45, 2.75) is 50.7 Å². The highest BCUT2D eigenvalue weighted by atomic mass is 16.3. The van der Waals surface area contributed by atoms with Gasteiger partial charge in [0.15, 0.2) is 0 Å². The number of nitrogens with one attached hydrogen (secondary N) is 1. The number of aliphatic hydroxyl groups excluding tert-OH is 1. The van der Waals surface area contributed by atoms with Crippen molar-refractivity contribution < 1.29 is 5.11 Å². The zero-order valence-corrected chi connectivity index (χ0v) is 12.7. The van der Waals surface area contributed by atoms with Crippen LogP contribution in [-0.2, 0) is 0 Å². The summed E-state index contributed by atoms with van der Waals surface area (Å²) in [6.45, 7) is 1.94. The van der Waals surface area contributed by atoms with E-state index in [9.17, 15) is 5.11 Å². The highest BCUT2D eigenvalue weighted by Crippen LogP contribution is 2.46. The lowest BCUT2D eigenvalue weighted by Crippen LogP contribution is -2.36. The van der Waals surface area contributed by atoms with Crippen molar-refractivity contribution in [2.75, 3.05) is 23.3 Å². The van der Waals surface area contributed by atoms with Crippen molar-refractivity contribution in [3.05, 3.63) is 24.3 Å². The normalized spacial score (nSPS) is 32.6. The molecule has 0 radical (unpaired) electrons. The molecule has 3 nitrogen and oxygen atoms in total. The molecule has 2 saturated carbocycles. The molecule has 3 fully saturated rings. The number of piperidine rings is 1. The molecular formula is C18H26N2O. The van der Waals surface area contributed by atoms with E-state index in [2.05, 4.69) is 34.5 Å². The highest BCUT2D eigenvalue weighted by molar-refractivity contribution is 5.70. The Kier molecular flexibility index (Phi) is 3.54. The molecule has 3 heteroatoms. The van der Waals surface area contributed by atoms with Gasteiger partial charge in [0.1, 0.15) is 0 Å². The zero-order valence-electron chi connectivity index (χ0n) is 12.7. The summed E-state index contributed by atoms with van der Waals surface area (Å²) >= 11 is 0. The summed E-state index contributed by atoms with van der Waals surface area (Å²) < 4.78 is 0. The van der Waals surface area contributed by atoms with Gasteiger partial charge in [-0.25, -0.2) is 0 Å². The lowest BCUT2D eigenvalue weighted by Gasteiger charge is -2.34. The second-order valence-corrected chi connectivity index (χ2v) is 7.16. The summed E-state index contributed by atoms with van der Waals surface area (Å²) in [4.78, 5) is 2.43. The molecule has 2 N–H and O–H groups in total. The number of rotatable bonds is 3. The molecule has 0 spiro atoms. The van der Waals surface area contributed by atoms with Crippen LogP contribution in [0.3, 0.4) is 0 Å². The summed E-state index contributed by atoms with van der Waals surface area (Å²) in [6, 6.07) is 9.41. The Labute approximate surface area is 127 Å². The quantitative estimate of drug-likeness (QED) is 0.895. The molecule has 3 aliphatic rings. The van der Waals surface area contributed by atoms with E-state index in [0.717, 1.165) is 37.8 Å². The van der Waals surface area contributed by atoms with Gasteiger partial charge in [-0.1, -0.05) is 18.6 Å². The fourth-order valence-electron chi connectivity index (χ4n) is 4.60. The van der Waals surface area contributed by atoms with Crippen molar-refractivity contribution in [2.24, 2.45) is 11.8 Å². The van der Waals surface area contributed by atoms with E-state index in [1.807, 2.05) is 0 Å². The summed E-state index contributed by atoms with van der Waals surface area (Å²) in [5, 5.41) is 13.5. The lowest BCUT2D eigenvalue weighted by molar-refractivity contribution is 0.145. The molecule has 1 aliphatic heterocycles. The average Bonchev–Trinajstić information content (AvgIpc) is 3.11. The maximum absolute atomic E-state index is 9.70. The predicted molar refractivity (Wildman–Crippen MR) is 86.8 cm³/mol. The summed E-state index contributed by atoms with van der Waals surface area (Å²) in [7, 11) is 0. The molecule has 3 atom stereocenters. The number of fused-ring (bicyclic) bond motifs is 2. The van der Waals surface area contributed by atoms with Crippen LogP contribution in [0.1, 0.15) is 38.5 Å². The van der Waals surface area contributed by atoms with E-state index in [-0.39, 0.29) is 6.10 Å². The number of benzene rings is 1. The van der Waals surface area contributed by atoms with Gasteiger partial charge in [0.2, 0.25) is 0 Å². The van der Waals surface area contributed by atoms with Crippen LogP contribution in [-0.4, -0.2) is 30.3 Å². The second-order valence-electron chi connectivity index (χ2n) is 7.16. The molecule has 114 valence electrons. The van der Waals surface area contributed by atoms with Gasteiger partial charge in [0.25, 0.3) is 0 Å². The Morgan fingerprint density at radius 3 is 2.52 bits per heavy atom. The molecule has 2 aliphatic carbocycles. The van der Waals surface area contributed by atoms with Crippen molar-refractivity contribution >= 4 is 11.4 Å². The van der Waals surface area contributed by atoms with Crippen LogP contribution in [0, 0.1) is 11.8 Å². The maximum atomic E-state index is 9.70. The summed E-state index contributed by atoms with van der Waals surface area (Å²) in [5.74, 6) is 1.87. The number of hydrogen-bond acceptors (Lipinski definition) is 3. The van der Waals surface area contributed by atoms with Gasteiger partial charge in [-0.05, 0) is 56.1 Å². The number of para-hydroxylation sites is 2. The average molecular weight is 286 g/mol. The third-order valence-corrected chi connectivity index (χ3v) is 5.79. The van der Waals surface area contributed by atoms with Gasteiger partial charge >= 0.3 is 0 Å². The Bertz CT molecular complexity index is 496. The van der Waals surface area contributed by atoms with Crippen LogP contribution in [0.2, 0.25) is 0 Å². The predicted octanol–water partition coefficient (Wildman–Crippen LogP) is 3.25. The van der Waals surface area contributed by atoms with Gasteiger partial charge < -0.3 is 15.3 Å². The second kappa shape index (κ2) is 5.53. The minimum absolute atomic E-state index is 0.105. The van der Waals surface area contributed by atoms with E-state index in [1.165, 1.54) is 37.1 Å². The topological polar surface area (TPSA) is 35.5 Å². The molecule has 1 aromatic rings. The van der Waals surface area contributed by atoms with Crippen molar-refractivity contribution in [3.8, 4) is 0 Å². The molecule has 0 amide bonds. The minimum Gasteiger partial charge on any atom is -0.393 e. The summed E-state index contributed by atoms with van der Waals surface area (Å²) in [5.41, 5.74) is 2.62. The maximum Gasteiger partial charge on any atom is 0.0602 e. The molecule has 1 aromatic carbocycles.